The van der Waals surface area contributed by atoms with Gasteiger partial charge in [0.25, 0.3) is 0 Å². The molecule has 1 aromatic rings. The van der Waals surface area contributed by atoms with Crippen LogP contribution in [0.15, 0.2) is 33.0 Å². The number of fused-ring (bicyclic) bond motifs is 1. The van der Waals surface area contributed by atoms with Gasteiger partial charge in [0, 0.05) is 15.9 Å². The molecule has 0 saturated heterocycles. The first kappa shape index (κ1) is 11.8. The van der Waals surface area contributed by atoms with E-state index in [0.717, 1.165) is 15.6 Å². The lowest BCUT2D eigenvalue weighted by Gasteiger charge is -2.07. The van der Waals surface area contributed by atoms with E-state index in [1.54, 1.807) is 6.07 Å². The van der Waals surface area contributed by atoms with Crippen LogP contribution in [0.3, 0.4) is 0 Å². The molecule has 1 atom stereocenters. The van der Waals surface area contributed by atoms with Crippen LogP contribution >= 0.6 is 15.9 Å². The minimum absolute atomic E-state index is 0.0453. The maximum atomic E-state index is 11.9. The Kier molecular flexibility index (Phi) is 2.94. The Morgan fingerprint density at radius 1 is 1.44 bits per heavy atom. The molecule has 2 N–H and O–H groups in total. The largest absolute Gasteiger partial charge is 0.328 e. The van der Waals surface area contributed by atoms with Crippen molar-refractivity contribution in [2.45, 2.75) is 24.3 Å². The summed E-state index contributed by atoms with van der Waals surface area (Å²) in [6.07, 6.45) is 0.577. The SMILES string of the molecule is CC(N)CC1=CS(=O)(=O)c2cc(Br)ccc21. The zero-order chi connectivity index (χ0) is 11.9. The molecule has 1 unspecified atom stereocenters. The van der Waals surface area contributed by atoms with Gasteiger partial charge >= 0.3 is 0 Å². The summed E-state index contributed by atoms with van der Waals surface area (Å²) in [6.45, 7) is 1.87. The van der Waals surface area contributed by atoms with Gasteiger partial charge in [-0.3, -0.25) is 0 Å². The van der Waals surface area contributed by atoms with Crippen LogP contribution in [0.5, 0.6) is 0 Å². The summed E-state index contributed by atoms with van der Waals surface area (Å²) in [5.74, 6) is 0. The molecule has 0 fully saturated rings. The highest BCUT2D eigenvalue weighted by atomic mass is 79.9. The Bertz CT molecular complexity index is 561. The summed E-state index contributed by atoms with van der Waals surface area (Å²) >= 11 is 3.28. The molecule has 0 aromatic heterocycles. The normalized spacial score (nSPS) is 19.1. The number of benzene rings is 1. The minimum atomic E-state index is -3.27. The molecule has 0 saturated carbocycles. The zero-order valence-corrected chi connectivity index (χ0v) is 11.2. The Labute approximate surface area is 103 Å². The fourth-order valence-electron chi connectivity index (χ4n) is 1.82. The van der Waals surface area contributed by atoms with Gasteiger partial charge in [0.15, 0.2) is 0 Å². The quantitative estimate of drug-likeness (QED) is 0.912. The third-order valence-corrected chi connectivity index (χ3v) is 4.47. The number of rotatable bonds is 2. The molecule has 1 aliphatic rings. The van der Waals surface area contributed by atoms with Gasteiger partial charge in [-0.25, -0.2) is 8.42 Å². The number of halogens is 1. The third-order valence-electron chi connectivity index (χ3n) is 2.44. The molecule has 0 amide bonds. The van der Waals surface area contributed by atoms with E-state index in [2.05, 4.69) is 15.9 Å². The monoisotopic (exact) mass is 301 g/mol. The van der Waals surface area contributed by atoms with Gasteiger partial charge in [-0.1, -0.05) is 22.0 Å². The van der Waals surface area contributed by atoms with E-state index in [1.165, 1.54) is 5.41 Å². The maximum absolute atomic E-state index is 11.9. The smallest absolute Gasteiger partial charge is 0.200 e. The fourth-order valence-corrected chi connectivity index (χ4v) is 3.85. The van der Waals surface area contributed by atoms with Crippen molar-refractivity contribution in [3.05, 3.63) is 33.6 Å². The van der Waals surface area contributed by atoms with Crippen molar-refractivity contribution in [3.63, 3.8) is 0 Å². The molecule has 1 aromatic carbocycles. The molecule has 0 spiro atoms. The minimum Gasteiger partial charge on any atom is -0.328 e. The highest BCUT2D eigenvalue weighted by Crippen LogP contribution is 2.37. The van der Waals surface area contributed by atoms with Crippen molar-refractivity contribution in [2.24, 2.45) is 5.73 Å². The summed E-state index contributed by atoms with van der Waals surface area (Å²) < 4.78 is 24.5. The number of nitrogens with two attached hydrogens (primary N) is 1. The van der Waals surface area contributed by atoms with E-state index in [0.29, 0.717) is 11.3 Å². The summed E-state index contributed by atoms with van der Waals surface area (Å²) in [5.41, 5.74) is 7.28. The van der Waals surface area contributed by atoms with Gasteiger partial charge in [-0.2, -0.15) is 0 Å². The highest BCUT2D eigenvalue weighted by Gasteiger charge is 2.27. The van der Waals surface area contributed by atoms with Gasteiger partial charge in [-0.05, 0) is 36.6 Å². The van der Waals surface area contributed by atoms with E-state index in [9.17, 15) is 8.42 Å². The average Bonchev–Trinajstić information content (AvgIpc) is 2.37. The molecule has 0 bridgehead atoms. The van der Waals surface area contributed by atoms with Crippen LogP contribution in [0.1, 0.15) is 18.9 Å². The molecule has 2 rings (SSSR count). The lowest BCUT2D eigenvalue weighted by atomic mass is 10.0. The zero-order valence-electron chi connectivity index (χ0n) is 8.77. The van der Waals surface area contributed by atoms with Crippen LogP contribution in [0, 0.1) is 0 Å². The molecular formula is C11H12BrNO2S. The molecule has 5 heteroatoms. The van der Waals surface area contributed by atoms with Gasteiger partial charge in [-0.15, -0.1) is 0 Å². The van der Waals surface area contributed by atoms with Crippen LogP contribution in [0.4, 0.5) is 0 Å². The van der Waals surface area contributed by atoms with Crippen molar-refractivity contribution in [3.8, 4) is 0 Å². The summed E-state index contributed by atoms with van der Waals surface area (Å²) in [7, 11) is -3.27. The Morgan fingerprint density at radius 2 is 2.12 bits per heavy atom. The Hall–Kier alpha value is -0.650. The van der Waals surface area contributed by atoms with Crippen molar-refractivity contribution in [1.82, 2.24) is 0 Å². The van der Waals surface area contributed by atoms with E-state index >= 15 is 0 Å². The van der Waals surface area contributed by atoms with E-state index < -0.39 is 9.84 Å². The van der Waals surface area contributed by atoms with Gasteiger partial charge in [0.2, 0.25) is 9.84 Å². The maximum Gasteiger partial charge on any atom is 0.200 e. The predicted molar refractivity (Wildman–Crippen MR) is 67.6 cm³/mol. The van der Waals surface area contributed by atoms with Gasteiger partial charge in [0.1, 0.15) is 0 Å². The molecule has 0 radical (unpaired) electrons. The molecule has 16 heavy (non-hydrogen) atoms. The molecular weight excluding hydrogens is 290 g/mol. The van der Waals surface area contributed by atoms with Crippen molar-refractivity contribution in [1.29, 1.82) is 0 Å². The molecule has 86 valence electrons. The van der Waals surface area contributed by atoms with Gasteiger partial charge < -0.3 is 5.73 Å². The molecule has 1 heterocycles. The van der Waals surface area contributed by atoms with Crippen molar-refractivity contribution < 1.29 is 8.42 Å². The first-order valence-electron chi connectivity index (χ1n) is 4.91. The van der Waals surface area contributed by atoms with Crippen LogP contribution in [-0.2, 0) is 9.84 Å². The second-order valence-electron chi connectivity index (χ2n) is 4.01. The number of sulfone groups is 1. The van der Waals surface area contributed by atoms with Crippen LogP contribution in [0.25, 0.3) is 5.57 Å². The summed E-state index contributed by atoms with van der Waals surface area (Å²) in [5, 5.41) is 1.33. The predicted octanol–water partition coefficient (Wildman–Crippen LogP) is 2.31. The first-order valence-corrected chi connectivity index (χ1v) is 7.25. The van der Waals surface area contributed by atoms with E-state index in [1.807, 2.05) is 19.1 Å². The second kappa shape index (κ2) is 3.98. The standard InChI is InChI=1S/C11H12BrNO2S/c1-7(13)4-8-6-16(14,15)11-5-9(12)2-3-10(8)11/h2-3,5-7H,4,13H2,1H3. The molecule has 3 nitrogen and oxygen atoms in total. The average molecular weight is 302 g/mol. The summed E-state index contributed by atoms with van der Waals surface area (Å²) in [4.78, 5) is 0.373. The topological polar surface area (TPSA) is 60.2 Å². The first-order chi connectivity index (χ1) is 7.40. The molecule has 1 aliphatic heterocycles. The lowest BCUT2D eigenvalue weighted by molar-refractivity contribution is 0.605. The Morgan fingerprint density at radius 3 is 2.75 bits per heavy atom. The number of hydrogen-bond donors (Lipinski definition) is 1. The van der Waals surface area contributed by atoms with Crippen LogP contribution < -0.4 is 5.73 Å². The summed E-state index contributed by atoms with van der Waals surface area (Å²) in [6, 6.07) is 5.25. The fraction of sp³-hybridized carbons (Fsp3) is 0.273. The lowest BCUT2D eigenvalue weighted by Crippen LogP contribution is -2.14. The van der Waals surface area contributed by atoms with Crippen LogP contribution in [-0.4, -0.2) is 14.5 Å². The number of hydrogen-bond acceptors (Lipinski definition) is 3. The van der Waals surface area contributed by atoms with E-state index in [4.69, 9.17) is 5.73 Å². The molecule has 0 aliphatic carbocycles. The second-order valence-corrected chi connectivity index (χ2v) is 6.69. The van der Waals surface area contributed by atoms with Crippen LogP contribution in [0.2, 0.25) is 0 Å². The third kappa shape index (κ3) is 2.07. The van der Waals surface area contributed by atoms with Gasteiger partial charge in [0.05, 0.1) is 4.90 Å². The Balaban J connectivity index is 2.56. The highest BCUT2D eigenvalue weighted by molar-refractivity contribution is 9.10. The van der Waals surface area contributed by atoms with Crippen molar-refractivity contribution in [2.75, 3.05) is 0 Å². The van der Waals surface area contributed by atoms with Crippen molar-refractivity contribution >= 4 is 31.3 Å². The van der Waals surface area contributed by atoms with E-state index in [-0.39, 0.29) is 6.04 Å².